The zero-order chi connectivity index (χ0) is 14.1. The summed E-state index contributed by atoms with van der Waals surface area (Å²) < 4.78 is 5.42. The minimum atomic E-state index is -0.0289. The van der Waals surface area contributed by atoms with Crippen LogP contribution < -0.4 is 0 Å². The predicted molar refractivity (Wildman–Crippen MR) is 75.1 cm³/mol. The number of benzene rings is 1. The molecule has 1 N–H and O–H groups in total. The Morgan fingerprint density at radius 3 is 3.00 bits per heavy atom. The van der Waals surface area contributed by atoms with E-state index in [1.165, 1.54) is 6.26 Å². The molecule has 1 aliphatic rings. The van der Waals surface area contributed by atoms with Gasteiger partial charge in [0.25, 0.3) is 5.91 Å². The normalized spacial score (nSPS) is 21.6. The molecular formula is C15H16N2O3. The fourth-order valence-electron chi connectivity index (χ4n) is 2.67. The zero-order valence-electron chi connectivity index (χ0n) is 11.2. The number of carbonyl (C=O) groups is 1. The largest absolute Gasteiger partial charge is 0.463 e. The van der Waals surface area contributed by atoms with Crippen molar-refractivity contribution in [1.82, 2.24) is 4.90 Å². The fourth-order valence-corrected chi connectivity index (χ4v) is 2.67. The number of hydrogen-bond acceptors (Lipinski definition) is 4. The number of piperidine rings is 1. The van der Waals surface area contributed by atoms with E-state index in [0.717, 1.165) is 16.7 Å². The molecule has 0 aliphatic carbocycles. The van der Waals surface area contributed by atoms with Gasteiger partial charge in [0, 0.05) is 30.8 Å². The van der Waals surface area contributed by atoms with E-state index < -0.39 is 0 Å². The van der Waals surface area contributed by atoms with Crippen molar-refractivity contribution in [2.45, 2.75) is 13.3 Å². The van der Waals surface area contributed by atoms with Crippen LogP contribution in [-0.2, 0) is 0 Å². The van der Waals surface area contributed by atoms with Crippen LogP contribution in [0.15, 0.2) is 40.1 Å². The molecule has 1 unspecified atom stereocenters. The first-order chi connectivity index (χ1) is 9.70. The molecule has 1 aromatic heterocycles. The highest BCUT2D eigenvalue weighted by molar-refractivity contribution is 6.06. The zero-order valence-corrected chi connectivity index (χ0v) is 11.2. The molecule has 2 heterocycles. The van der Waals surface area contributed by atoms with Crippen LogP contribution in [0.1, 0.15) is 23.7 Å². The van der Waals surface area contributed by atoms with E-state index in [-0.39, 0.29) is 11.8 Å². The number of likely N-dealkylation sites (tertiary alicyclic amines) is 1. The second-order valence-corrected chi connectivity index (χ2v) is 5.14. The summed E-state index contributed by atoms with van der Waals surface area (Å²) >= 11 is 0. The summed E-state index contributed by atoms with van der Waals surface area (Å²) in [7, 11) is 0. The minimum absolute atomic E-state index is 0.0289. The van der Waals surface area contributed by atoms with Gasteiger partial charge in [0.2, 0.25) is 0 Å². The van der Waals surface area contributed by atoms with Crippen LogP contribution in [0.3, 0.4) is 0 Å². The maximum Gasteiger partial charge on any atom is 0.257 e. The molecule has 20 heavy (non-hydrogen) atoms. The molecule has 0 bridgehead atoms. The van der Waals surface area contributed by atoms with Crippen LogP contribution in [0.5, 0.6) is 0 Å². The van der Waals surface area contributed by atoms with Gasteiger partial charge in [-0.25, -0.2) is 0 Å². The van der Waals surface area contributed by atoms with Crippen molar-refractivity contribution >= 4 is 22.6 Å². The Morgan fingerprint density at radius 2 is 2.25 bits per heavy atom. The van der Waals surface area contributed by atoms with Crippen LogP contribution in [0.4, 0.5) is 0 Å². The standard InChI is InChI=1S/C15H16N2O3/c1-10-8-17(7-6-13(10)16-19)15(18)12-9-20-14-5-3-2-4-11(12)14/h2-5,9-10,19H,6-8H2,1H3/b16-13+. The van der Waals surface area contributed by atoms with Crippen molar-refractivity contribution in [2.75, 3.05) is 13.1 Å². The van der Waals surface area contributed by atoms with Gasteiger partial charge in [-0.15, -0.1) is 0 Å². The Bertz CT molecular complexity index is 675. The molecule has 2 aromatic rings. The Labute approximate surface area is 116 Å². The molecule has 1 fully saturated rings. The average molecular weight is 272 g/mol. The van der Waals surface area contributed by atoms with Crippen molar-refractivity contribution in [1.29, 1.82) is 0 Å². The Morgan fingerprint density at radius 1 is 1.45 bits per heavy atom. The van der Waals surface area contributed by atoms with E-state index in [1.807, 2.05) is 31.2 Å². The molecule has 5 heteroatoms. The van der Waals surface area contributed by atoms with Crippen molar-refractivity contribution in [3.63, 3.8) is 0 Å². The highest BCUT2D eigenvalue weighted by atomic mass is 16.4. The molecule has 0 spiro atoms. The van der Waals surface area contributed by atoms with Gasteiger partial charge in [0.05, 0.1) is 11.3 Å². The average Bonchev–Trinajstić information content (AvgIpc) is 2.90. The third kappa shape index (κ3) is 2.05. The molecule has 1 amide bonds. The number of amides is 1. The van der Waals surface area contributed by atoms with Crippen LogP contribution in [0, 0.1) is 5.92 Å². The van der Waals surface area contributed by atoms with Gasteiger partial charge in [0.15, 0.2) is 0 Å². The van der Waals surface area contributed by atoms with Crippen LogP contribution in [-0.4, -0.2) is 34.8 Å². The maximum absolute atomic E-state index is 12.6. The lowest BCUT2D eigenvalue weighted by Crippen LogP contribution is -2.43. The van der Waals surface area contributed by atoms with Crippen LogP contribution in [0.2, 0.25) is 0 Å². The van der Waals surface area contributed by atoms with Gasteiger partial charge in [-0.2, -0.15) is 0 Å². The molecule has 104 valence electrons. The number of nitrogens with zero attached hydrogens (tertiary/aromatic N) is 2. The summed E-state index contributed by atoms with van der Waals surface area (Å²) in [5.74, 6) is 0.0506. The van der Waals surface area contributed by atoms with Crippen molar-refractivity contribution in [3.8, 4) is 0 Å². The van der Waals surface area contributed by atoms with E-state index >= 15 is 0 Å². The van der Waals surface area contributed by atoms with E-state index in [0.29, 0.717) is 25.1 Å². The summed E-state index contributed by atoms with van der Waals surface area (Å²) in [5, 5.41) is 13.0. The number of para-hydroxylation sites is 1. The lowest BCUT2D eigenvalue weighted by Gasteiger charge is -2.31. The quantitative estimate of drug-likeness (QED) is 0.641. The topological polar surface area (TPSA) is 66.0 Å². The third-order valence-corrected chi connectivity index (χ3v) is 3.83. The Balaban J connectivity index is 1.86. The SMILES string of the molecule is CC1CN(C(=O)c2coc3ccccc23)CC/C1=N\O. The van der Waals surface area contributed by atoms with E-state index in [1.54, 1.807) is 4.90 Å². The molecular weight excluding hydrogens is 256 g/mol. The smallest absolute Gasteiger partial charge is 0.257 e. The first-order valence-electron chi connectivity index (χ1n) is 6.67. The number of carbonyl (C=O) groups excluding carboxylic acids is 1. The summed E-state index contributed by atoms with van der Waals surface area (Å²) in [6.07, 6.45) is 2.13. The lowest BCUT2D eigenvalue weighted by molar-refractivity contribution is 0.0735. The highest BCUT2D eigenvalue weighted by Crippen LogP contribution is 2.24. The molecule has 0 radical (unpaired) electrons. The van der Waals surface area contributed by atoms with Gasteiger partial charge >= 0.3 is 0 Å². The monoisotopic (exact) mass is 272 g/mol. The molecule has 1 saturated heterocycles. The van der Waals surface area contributed by atoms with Gasteiger partial charge in [0.1, 0.15) is 11.8 Å². The van der Waals surface area contributed by atoms with Crippen molar-refractivity contribution < 1.29 is 14.4 Å². The summed E-state index contributed by atoms with van der Waals surface area (Å²) in [6, 6.07) is 7.51. The molecule has 1 atom stereocenters. The van der Waals surface area contributed by atoms with Crippen molar-refractivity contribution in [3.05, 3.63) is 36.1 Å². The maximum atomic E-state index is 12.6. The number of rotatable bonds is 1. The molecule has 3 rings (SSSR count). The van der Waals surface area contributed by atoms with Gasteiger partial charge in [-0.3, -0.25) is 4.79 Å². The van der Waals surface area contributed by atoms with Gasteiger partial charge < -0.3 is 14.5 Å². The first kappa shape index (κ1) is 12.7. The van der Waals surface area contributed by atoms with E-state index in [2.05, 4.69) is 5.16 Å². The molecule has 1 aliphatic heterocycles. The third-order valence-electron chi connectivity index (χ3n) is 3.83. The number of oxime groups is 1. The highest BCUT2D eigenvalue weighted by Gasteiger charge is 2.28. The van der Waals surface area contributed by atoms with Crippen LogP contribution >= 0.6 is 0 Å². The second kappa shape index (κ2) is 5.00. The fraction of sp³-hybridized carbons (Fsp3) is 0.333. The summed E-state index contributed by atoms with van der Waals surface area (Å²) in [5.41, 5.74) is 2.07. The summed E-state index contributed by atoms with van der Waals surface area (Å²) in [4.78, 5) is 14.4. The molecule has 0 saturated carbocycles. The molecule has 1 aromatic carbocycles. The Kier molecular flexibility index (Phi) is 3.18. The van der Waals surface area contributed by atoms with Gasteiger partial charge in [-0.1, -0.05) is 30.3 Å². The van der Waals surface area contributed by atoms with E-state index in [4.69, 9.17) is 9.62 Å². The predicted octanol–water partition coefficient (Wildman–Crippen LogP) is 2.75. The second-order valence-electron chi connectivity index (χ2n) is 5.14. The first-order valence-corrected chi connectivity index (χ1v) is 6.67. The Hall–Kier alpha value is -2.30. The number of hydrogen-bond donors (Lipinski definition) is 1. The van der Waals surface area contributed by atoms with Crippen molar-refractivity contribution in [2.24, 2.45) is 11.1 Å². The van der Waals surface area contributed by atoms with Gasteiger partial charge in [-0.05, 0) is 6.07 Å². The van der Waals surface area contributed by atoms with Crippen LogP contribution in [0.25, 0.3) is 11.0 Å². The van der Waals surface area contributed by atoms with E-state index in [9.17, 15) is 4.79 Å². The molecule has 5 nitrogen and oxygen atoms in total. The summed E-state index contributed by atoms with van der Waals surface area (Å²) in [6.45, 7) is 3.10. The number of fused-ring (bicyclic) bond motifs is 1. The lowest BCUT2D eigenvalue weighted by atomic mass is 9.97. The number of furan rings is 1. The minimum Gasteiger partial charge on any atom is -0.463 e.